The van der Waals surface area contributed by atoms with E-state index in [-0.39, 0.29) is 17.5 Å². The predicted molar refractivity (Wildman–Crippen MR) is 112 cm³/mol. The molecule has 0 saturated carbocycles. The molecule has 142 valence electrons. The third kappa shape index (κ3) is 4.43. The summed E-state index contributed by atoms with van der Waals surface area (Å²) < 4.78 is 0. The molecule has 0 atom stereocenters. The van der Waals surface area contributed by atoms with Gasteiger partial charge in [-0.15, -0.1) is 0 Å². The zero-order chi connectivity index (χ0) is 20.1. The maximum Gasteiger partial charge on any atom is 0.274 e. The summed E-state index contributed by atoms with van der Waals surface area (Å²) in [6, 6.07) is 16.5. The van der Waals surface area contributed by atoms with E-state index in [0.29, 0.717) is 11.3 Å². The molecule has 3 rings (SSSR count). The summed E-state index contributed by atoms with van der Waals surface area (Å²) in [5.74, 6) is -0.626. The Morgan fingerprint density at radius 1 is 0.929 bits per heavy atom. The SMILES string of the molecule is CCc1cccc(C)c1NC(=O)c1ccnc(C(=O)Nc2ccc(C)cc2)c1. The quantitative estimate of drug-likeness (QED) is 0.677. The van der Waals surface area contributed by atoms with Crippen LogP contribution in [0, 0.1) is 13.8 Å². The van der Waals surface area contributed by atoms with Gasteiger partial charge in [-0.25, -0.2) is 0 Å². The molecule has 0 unspecified atom stereocenters. The average molecular weight is 373 g/mol. The number of carbonyl (C=O) groups excluding carboxylic acids is 2. The number of hydrogen-bond donors (Lipinski definition) is 2. The van der Waals surface area contributed by atoms with E-state index in [2.05, 4.69) is 15.6 Å². The van der Waals surface area contributed by atoms with E-state index in [1.165, 1.54) is 12.3 Å². The standard InChI is InChI=1S/C23H23N3O2/c1-4-17-7-5-6-16(3)21(17)26-22(27)18-12-13-24-20(14-18)23(28)25-19-10-8-15(2)9-11-19/h5-14H,4H2,1-3H3,(H,25,28)(H,26,27). The first kappa shape index (κ1) is 19.3. The monoisotopic (exact) mass is 373 g/mol. The lowest BCUT2D eigenvalue weighted by atomic mass is 10.1. The second-order valence-electron chi connectivity index (χ2n) is 6.67. The van der Waals surface area contributed by atoms with Crippen molar-refractivity contribution in [2.45, 2.75) is 27.2 Å². The molecule has 0 radical (unpaired) electrons. The van der Waals surface area contributed by atoms with Crippen molar-refractivity contribution in [1.82, 2.24) is 4.98 Å². The number of nitrogens with zero attached hydrogens (tertiary/aromatic N) is 1. The molecule has 0 fully saturated rings. The normalized spacial score (nSPS) is 10.4. The highest BCUT2D eigenvalue weighted by atomic mass is 16.2. The van der Waals surface area contributed by atoms with Gasteiger partial charge in [-0.2, -0.15) is 0 Å². The molecule has 1 heterocycles. The molecule has 0 saturated heterocycles. The zero-order valence-corrected chi connectivity index (χ0v) is 16.2. The van der Waals surface area contributed by atoms with Gasteiger partial charge in [0, 0.05) is 23.1 Å². The fourth-order valence-electron chi connectivity index (χ4n) is 2.92. The Bertz CT molecular complexity index is 1010. The summed E-state index contributed by atoms with van der Waals surface area (Å²) in [7, 11) is 0. The lowest BCUT2D eigenvalue weighted by molar-refractivity contribution is 0.102. The Kier molecular flexibility index (Phi) is 5.84. The van der Waals surface area contributed by atoms with E-state index in [1.807, 2.05) is 63.2 Å². The highest BCUT2D eigenvalue weighted by Gasteiger charge is 2.14. The molecule has 0 spiro atoms. The lowest BCUT2D eigenvalue weighted by Crippen LogP contribution is -2.17. The van der Waals surface area contributed by atoms with Crippen LogP contribution in [0.2, 0.25) is 0 Å². The molecular weight excluding hydrogens is 350 g/mol. The van der Waals surface area contributed by atoms with Crippen LogP contribution in [0.5, 0.6) is 0 Å². The Hall–Kier alpha value is -3.47. The molecule has 0 aliphatic carbocycles. The van der Waals surface area contributed by atoms with Crippen LogP contribution in [0.4, 0.5) is 11.4 Å². The highest BCUT2D eigenvalue weighted by molar-refractivity contribution is 6.08. The number of rotatable bonds is 5. The Balaban J connectivity index is 1.78. The van der Waals surface area contributed by atoms with Crippen molar-refractivity contribution >= 4 is 23.2 Å². The number of aryl methyl sites for hydroxylation is 3. The third-order valence-corrected chi connectivity index (χ3v) is 4.54. The van der Waals surface area contributed by atoms with Crippen LogP contribution in [-0.2, 0) is 6.42 Å². The maximum atomic E-state index is 12.7. The maximum absolute atomic E-state index is 12.7. The van der Waals surface area contributed by atoms with Gasteiger partial charge < -0.3 is 10.6 Å². The number of carbonyl (C=O) groups is 2. The van der Waals surface area contributed by atoms with Gasteiger partial charge in [0.1, 0.15) is 5.69 Å². The molecule has 1 aromatic heterocycles. The molecular formula is C23H23N3O2. The Labute approximate surface area is 164 Å². The van der Waals surface area contributed by atoms with Gasteiger partial charge in [0.15, 0.2) is 0 Å². The van der Waals surface area contributed by atoms with Crippen molar-refractivity contribution < 1.29 is 9.59 Å². The Morgan fingerprint density at radius 3 is 2.39 bits per heavy atom. The number of pyridine rings is 1. The average Bonchev–Trinajstić information content (AvgIpc) is 2.71. The van der Waals surface area contributed by atoms with Crippen molar-refractivity contribution in [3.05, 3.63) is 88.7 Å². The number of para-hydroxylation sites is 1. The smallest absolute Gasteiger partial charge is 0.274 e. The minimum absolute atomic E-state index is 0.189. The lowest BCUT2D eigenvalue weighted by Gasteiger charge is -2.13. The molecule has 0 aliphatic heterocycles. The minimum Gasteiger partial charge on any atom is -0.321 e. The molecule has 2 N–H and O–H groups in total. The number of benzene rings is 2. The van der Waals surface area contributed by atoms with Gasteiger partial charge in [-0.1, -0.05) is 42.8 Å². The van der Waals surface area contributed by atoms with Crippen LogP contribution >= 0.6 is 0 Å². The van der Waals surface area contributed by atoms with Gasteiger partial charge in [0.2, 0.25) is 0 Å². The molecule has 2 aromatic carbocycles. The van der Waals surface area contributed by atoms with Crippen molar-refractivity contribution in [1.29, 1.82) is 0 Å². The van der Waals surface area contributed by atoms with Crippen molar-refractivity contribution in [3.8, 4) is 0 Å². The molecule has 3 aromatic rings. The topological polar surface area (TPSA) is 71.1 Å². The first-order valence-electron chi connectivity index (χ1n) is 9.22. The summed E-state index contributed by atoms with van der Waals surface area (Å²) in [6.07, 6.45) is 2.29. The summed E-state index contributed by atoms with van der Waals surface area (Å²) in [6.45, 7) is 5.99. The van der Waals surface area contributed by atoms with E-state index in [0.717, 1.165) is 28.8 Å². The molecule has 5 heteroatoms. The van der Waals surface area contributed by atoms with Crippen molar-refractivity contribution in [2.24, 2.45) is 0 Å². The van der Waals surface area contributed by atoms with E-state index >= 15 is 0 Å². The van der Waals surface area contributed by atoms with Gasteiger partial charge >= 0.3 is 0 Å². The fraction of sp³-hybridized carbons (Fsp3) is 0.174. The number of anilines is 2. The first-order valence-corrected chi connectivity index (χ1v) is 9.22. The number of hydrogen-bond acceptors (Lipinski definition) is 3. The summed E-state index contributed by atoms with van der Waals surface area (Å²) >= 11 is 0. The number of amides is 2. The molecule has 0 aliphatic rings. The summed E-state index contributed by atoms with van der Waals surface area (Å²) in [4.78, 5) is 29.3. The predicted octanol–water partition coefficient (Wildman–Crippen LogP) is 4.77. The molecule has 28 heavy (non-hydrogen) atoms. The van der Waals surface area contributed by atoms with Crippen LogP contribution < -0.4 is 10.6 Å². The molecule has 2 amide bonds. The molecule has 5 nitrogen and oxygen atoms in total. The highest BCUT2D eigenvalue weighted by Crippen LogP contribution is 2.22. The summed E-state index contributed by atoms with van der Waals surface area (Å²) in [5.41, 5.74) is 5.25. The zero-order valence-electron chi connectivity index (χ0n) is 16.2. The van der Waals surface area contributed by atoms with Gasteiger partial charge in [0.25, 0.3) is 11.8 Å². The van der Waals surface area contributed by atoms with E-state index < -0.39 is 0 Å². The Morgan fingerprint density at radius 2 is 1.68 bits per heavy atom. The van der Waals surface area contributed by atoms with E-state index in [4.69, 9.17) is 0 Å². The van der Waals surface area contributed by atoms with Crippen molar-refractivity contribution in [2.75, 3.05) is 10.6 Å². The second-order valence-corrected chi connectivity index (χ2v) is 6.67. The number of aromatic nitrogens is 1. The van der Waals surface area contributed by atoms with Crippen molar-refractivity contribution in [3.63, 3.8) is 0 Å². The van der Waals surface area contributed by atoms with E-state index in [1.54, 1.807) is 6.07 Å². The van der Waals surface area contributed by atoms with Gasteiger partial charge in [-0.3, -0.25) is 14.6 Å². The van der Waals surface area contributed by atoms with Crippen LogP contribution in [-0.4, -0.2) is 16.8 Å². The van der Waals surface area contributed by atoms with Crippen LogP contribution in [0.15, 0.2) is 60.8 Å². The largest absolute Gasteiger partial charge is 0.321 e. The second kappa shape index (κ2) is 8.48. The van der Waals surface area contributed by atoms with Crippen LogP contribution in [0.1, 0.15) is 44.5 Å². The number of nitrogens with one attached hydrogen (secondary N) is 2. The van der Waals surface area contributed by atoms with Crippen LogP contribution in [0.25, 0.3) is 0 Å². The van der Waals surface area contributed by atoms with Crippen LogP contribution in [0.3, 0.4) is 0 Å². The molecule has 0 bridgehead atoms. The first-order chi connectivity index (χ1) is 13.5. The van der Waals surface area contributed by atoms with E-state index in [9.17, 15) is 9.59 Å². The van der Waals surface area contributed by atoms with Gasteiger partial charge in [-0.05, 0) is 55.7 Å². The van der Waals surface area contributed by atoms with Gasteiger partial charge in [0.05, 0.1) is 0 Å². The third-order valence-electron chi connectivity index (χ3n) is 4.54. The fourth-order valence-corrected chi connectivity index (χ4v) is 2.92. The summed E-state index contributed by atoms with van der Waals surface area (Å²) in [5, 5.41) is 5.77. The minimum atomic E-state index is -0.358.